The Kier molecular flexibility index (Phi) is 3.56. The van der Waals surface area contributed by atoms with Crippen LogP contribution in [0.5, 0.6) is 0 Å². The molecule has 5 nitrogen and oxygen atoms in total. The van der Waals surface area contributed by atoms with Crippen molar-refractivity contribution >= 4 is 39.5 Å². The van der Waals surface area contributed by atoms with Gasteiger partial charge in [0.25, 0.3) is 0 Å². The lowest BCUT2D eigenvalue weighted by Gasteiger charge is -2.28. The predicted molar refractivity (Wildman–Crippen MR) is 97.4 cm³/mol. The number of fused-ring (bicyclic) bond motifs is 1. The zero-order valence-electron chi connectivity index (χ0n) is 12.5. The molecule has 3 aromatic rings. The maximum atomic E-state index is 4.51. The average Bonchev–Trinajstić information content (AvgIpc) is 3.11. The number of halogens is 1. The molecule has 2 aromatic heterocycles. The van der Waals surface area contributed by atoms with E-state index in [4.69, 9.17) is 0 Å². The Morgan fingerprint density at radius 2 is 1.86 bits per heavy atom. The van der Waals surface area contributed by atoms with Crippen molar-refractivity contribution in [1.82, 2.24) is 17.8 Å². The summed E-state index contributed by atoms with van der Waals surface area (Å²) in [6, 6.07) is 6.52. The topological polar surface area (TPSA) is 38.9 Å². The van der Waals surface area contributed by atoms with Crippen LogP contribution in [0.15, 0.2) is 30.6 Å². The second-order valence-electron chi connectivity index (χ2n) is 5.83. The molecule has 1 aromatic carbocycles. The number of rotatable bonds is 2. The second kappa shape index (κ2) is 5.57. The van der Waals surface area contributed by atoms with Crippen LogP contribution >= 0.6 is 22.9 Å². The van der Waals surface area contributed by atoms with Crippen molar-refractivity contribution in [1.29, 1.82) is 0 Å². The van der Waals surface area contributed by atoms with Gasteiger partial charge >= 0.3 is 0 Å². The van der Waals surface area contributed by atoms with E-state index in [1.807, 2.05) is 27.0 Å². The Balaban J connectivity index is 1.81. The van der Waals surface area contributed by atoms with Crippen LogP contribution in [-0.4, -0.2) is 30.9 Å². The van der Waals surface area contributed by atoms with Crippen LogP contribution in [0, 0.1) is 0 Å². The molecule has 3 heterocycles. The minimum atomic E-state index is 1.13. The normalized spacial score (nSPS) is 15.6. The Bertz CT molecular complexity index is 813. The summed E-state index contributed by atoms with van der Waals surface area (Å²) in [4.78, 5) is 2.47. The molecular formula is C16H18IN5. The Hall–Kier alpha value is -1.57. The Morgan fingerprint density at radius 1 is 1.05 bits per heavy atom. The summed E-state index contributed by atoms with van der Waals surface area (Å²) in [5.41, 5.74) is 4.80. The third kappa shape index (κ3) is 2.29. The number of aromatic nitrogens is 4. The van der Waals surface area contributed by atoms with Crippen molar-refractivity contribution < 1.29 is 0 Å². The van der Waals surface area contributed by atoms with Crippen LogP contribution in [0.1, 0.15) is 19.3 Å². The van der Waals surface area contributed by atoms with Gasteiger partial charge in [-0.25, -0.2) is 2.90 Å². The fraction of sp³-hybridized carbons (Fsp3) is 0.375. The average molecular weight is 407 g/mol. The van der Waals surface area contributed by atoms with Gasteiger partial charge in [0.05, 0.1) is 52.2 Å². The fourth-order valence-electron chi connectivity index (χ4n) is 3.28. The molecule has 0 radical (unpaired) electrons. The van der Waals surface area contributed by atoms with Crippen LogP contribution < -0.4 is 4.90 Å². The largest absolute Gasteiger partial charge is 0.368 e. The molecule has 0 aliphatic carbocycles. The van der Waals surface area contributed by atoms with E-state index in [-0.39, 0.29) is 0 Å². The van der Waals surface area contributed by atoms with Crippen LogP contribution in [-0.2, 0) is 7.05 Å². The lowest BCUT2D eigenvalue weighted by atomic mass is 10.1. The maximum Gasteiger partial charge on any atom is 0.0913 e. The van der Waals surface area contributed by atoms with Gasteiger partial charge < -0.3 is 4.90 Å². The molecule has 1 saturated heterocycles. The molecule has 0 spiro atoms. The van der Waals surface area contributed by atoms with Gasteiger partial charge in [-0.1, -0.05) is 6.07 Å². The summed E-state index contributed by atoms with van der Waals surface area (Å²) in [5, 5.41) is 9.99. The molecule has 0 amide bonds. The lowest BCUT2D eigenvalue weighted by Crippen LogP contribution is -2.29. The number of hydrogen-bond acceptors (Lipinski definition) is 3. The molecule has 22 heavy (non-hydrogen) atoms. The van der Waals surface area contributed by atoms with Crippen molar-refractivity contribution in [2.75, 3.05) is 18.0 Å². The highest BCUT2D eigenvalue weighted by molar-refractivity contribution is 14.1. The van der Waals surface area contributed by atoms with Crippen LogP contribution in [0.2, 0.25) is 0 Å². The fourth-order valence-corrected chi connectivity index (χ4v) is 3.84. The van der Waals surface area contributed by atoms with Crippen molar-refractivity contribution in [3.8, 4) is 11.3 Å². The van der Waals surface area contributed by atoms with E-state index in [0.29, 0.717) is 0 Å². The molecule has 6 heteroatoms. The number of hydrogen-bond donors (Lipinski definition) is 0. The Morgan fingerprint density at radius 3 is 2.68 bits per heavy atom. The van der Waals surface area contributed by atoms with E-state index in [9.17, 15) is 0 Å². The SMILES string of the molecule is Cn1ncc(N2CCCCC2)c1-c1ccc2c(cnn2I)c1. The standard InChI is InChI=1S/C16H18IN5/c1-20-16(15(11-18-20)21-7-3-2-4-8-21)12-5-6-14-13(9-12)10-19-22(14)17/h5-6,9-11H,2-4,7-8H2,1H3. The third-order valence-corrected chi connectivity index (χ3v) is 5.18. The van der Waals surface area contributed by atoms with Crippen LogP contribution in [0.25, 0.3) is 22.2 Å². The smallest absolute Gasteiger partial charge is 0.0913 e. The first-order valence-corrected chi connectivity index (χ1v) is 8.62. The van der Waals surface area contributed by atoms with Gasteiger partial charge in [-0.2, -0.15) is 10.2 Å². The van der Waals surface area contributed by atoms with Gasteiger partial charge in [-0.3, -0.25) is 4.68 Å². The van der Waals surface area contributed by atoms with Crippen molar-refractivity contribution in [2.24, 2.45) is 7.05 Å². The molecule has 0 bridgehead atoms. The van der Waals surface area contributed by atoms with Gasteiger partial charge in [0, 0.05) is 31.1 Å². The molecule has 1 aliphatic heterocycles. The van der Waals surface area contributed by atoms with Gasteiger partial charge in [-0.15, -0.1) is 0 Å². The zero-order valence-corrected chi connectivity index (χ0v) is 14.7. The van der Waals surface area contributed by atoms with Gasteiger partial charge in [0.2, 0.25) is 0 Å². The quantitative estimate of drug-likeness (QED) is 0.610. The molecule has 1 aliphatic rings. The first kappa shape index (κ1) is 14.0. The highest BCUT2D eigenvalue weighted by atomic mass is 127. The minimum Gasteiger partial charge on any atom is -0.368 e. The summed E-state index contributed by atoms with van der Waals surface area (Å²) in [6.45, 7) is 2.26. The third-order valence-electron chi connectivity index (χ3n) is 4.41. The second-order valence-corrected chi connectivity index (χ2v) is 6.74. The maximum absolute atomic E-state index is 4.51. The van der Waals surface area contributed by atoms with E-state index in [1.54, 1.807) is 0 Å². The molecule has 4 rings (SSSR count). The number of anilines is 1. The predicted octanol–water partition coefficient (Wildman–Crippen LogP) is 3.63. The monoisotopic (exact) mass is 407 g/mol. The molecular weight excluding hydrogens is 389 g/mol. The summed E-state index contributed by atoms with van der Waals surface area (Å²) >= 11 is 2.21. The number of benzene rings is 1. The summed E-state index contributed by atoms with van der Waals surface area (Å²) < 4.78 is 3.87. The van der Waals surface area contributed by atoms with E-state index in [1.165, 1.54) is 36.2 Å². The van der Waals surface area contributed by atoms with E-state index < -0.39 is 0 Å². The van der Waals surface area contributed by atoms with Crippen LogP contribution in [0.4, 0.5) is 5.69 Å². The van der Waals surface area contributed by atoms with E-state index >= 15 is 0 Å². The first-order chi connectivity index (χ1) is 10.7. The lowest BCUT2D eigenvalue weighted by molar-refractivity contribution is 0.578. The first-order valence-electron chi connectivity index (χ1n) is 7.65. The summed E-state index contributed by atoms with van der Waals surface area (Å²) in [5.74, 6) is 0. The van der Waals surface area contributed by atoms with Gasteiger partial charge in [0.15, 0.2) is 0 Å². The van der Waals surface area contributed by atoms with E-state index in [0.717, 1.165) is 24.0 Å². The summed E-state index contributed by atoms with van der Waals surface area (Å²) in [7, 11) is 2.02. The molecule has 0 saturated carbocycles. The number of aryl methyl sites for hydroxylation is 1. The van der Waals surface area contributed by atoms with E-state index in [2.05, 4.69) is 56.2 Å². The highest BCUT2D eigenvalue weighted by Gasteiger charge is 2.19. The molecule has 114 valence electrons. The molecule has 1 fully saturated rings. The molecule has 0 atom stereocenters. The van der Waals surface area contributed by atoms with Crippen LogP contribution in [0.3, 0.4) is 0 Å². The summed E-state index contributed by atoms with van der Waals surface area (Å²) in [6.07, 6.45) is 7.81. The van der Waals surface area contributed by atoms with Gasteiger partial charge in [0.1, 0.15) is 0 Å². The van der Waals surface area contributed by atoms with Crippen molar-refractivity contribution in [3.05, 3.63) is 30.6 Å². The minimum absolute atomic E-state index is 1.13. The van der Waals surface area contributed by atoms with Crippen molar-refractivity contribution in [2.45, 2.75) is 19.3 Å². The van der Waals surface area contributed by atoms with Crippen molar-refractivity contribution in [3.63, 3.8) is 0 Å². The van der Waals surface area contributed by atoms with Gasteiger partial charge in [-0.05, 0) is 31.4 Å². The highest BCUT2D eigenvalue weighted by Crippen LogP contribution is 2.33. The molecule has 0 unspecified atom stereocenters. The zero-order chi connectivity index (χ0) is 15.1. The number of piperidine rings is 1. The number of nitrogens with zero attached hydrogens (tertiary/aromatic N) is 5. The molecule has 0 N–H and O–H groups in total. The Labute approximate surface area is 143 Å².